The summed E-state index contributed by atoms with van der Waals surface area (Å²) in [5.41, 5.74) is 0.263. The van der Waals surface area contributed by atoms with Crippen LogP contribution in [-0.4, -0.2) is 90.3 Å². The van der Waals surface area contributed by atoms with Crippen LogP contribution in [0.25, 0.3) is 5.57 Å². The van der Waals surface area contributed by atoms with Gasteiger partial charge in [-0.3, -0.25) is 14.6 Å². The van der Waals surface area contributed by atoms with Gasteiger partial charge < -0.3 is 49.3 Å². The van der Waals surface area contributed by atoms with Crippen molar-refractivity contribution in [3.63, 3.8) is 0 Å². The molecule has 2 aromatic rings. The average molecular weight is 783 g/mol. The third-order valence-corrected chi connectivity index (χ3v) is 7.83. The van der Waals surface area contributed by atoms with Crippen molar-refractivity contribution in [1.29, 1.82) is 0 Å². The van der Waals surface area contributed by atoms with Gasteiger partial charge in [-0.2, -0.15) is 0 Å². The van der Waals surface area contributed by atoms with Crippen LogP contribution in [0.2, 0.25) is 0 Å². The number of carboxylic acid groups (broad SMARTS) is 4. The van der Waals surface area contributed by atoms with E-state index in [1.165, 1.54) is 56.3 Å². The molecule has 0 radical (unpaired) electrons. The summed E-state index contributed by atoms with van der Waals surface area (Å²) >= 11 is 0. The zero-order valence-electron chi connectivity index (χ0n) is 30.0. The molecule has 15 nitrogen and oxygen atoms in total. The minimum Gasteiger partial charge on any atom is -0.744 e. The van der Waals surface area contributed by atoms with Crippen LogP contribution < -0.4 is 168 Å². The van der Waals surface area contributed by atoms with E-state index in [0.717, 1.165) is 15.9 Å². The van der Waals surface area contributed by atoms with Gasteiger partial charge in [0.15, 0.2) is 5.78 Å². The molecule has 0 amide bonds. The van der Waals surface area contributed by atoms with Gasteiger partial charge in [-0.25, -0.2) is 8.42 Å². The van der Waals surface area contributed by atoms with Gasteiger partial charge in [-0.05, 0) is 72.0 Å². The second kappa shape index (κ2) is 25.2. The average Bonchev–Trinajstić information content (AvgIpc) is 2.92. The van der Waals surface area contributed by atoms with Crippen LogP contribution in [0.3, 0.4) is 0 Å². The van der Waals surface area contributed by atoms with Gasteiger partial charge >= 0.3 is 148 Å². The Morgan fingerprint density at radius 3 is 1.65 bits per heavy atom. The molecule has 0 atom stereocenters. The molecule has 52 heavy (non-hydrogen) atoms. The van der Waals surface area contributed by atoms with E-state index in [-0.39, 0.29) is 198 Å². The van der Waals surface area contributed by atoms with Gasteiger partial charge in [0, 0.05) is 56.0 Å². The minimum atomic E-state index is -5.13. The zero-order chi connectivity index (χ0) is 35.2. The van der Waals surface area contributed by atoms with Crippen LogP contribution in [0.15, 0.2) is 70.2 Å². The van der Waals surface area contributed by atoms with Crippen LogP contribution in [0, 0.1) is 6.92 Å². The number of phenols is 1. The van der Waals surface area contributed by atoms with Crippen molar-refractivity contribution < 1.29 is 210 Å². The Kier molecular flexibility index (Phi) is 27.2. The van der Waals surface area contributed by atoms with Gasteiger partial charge in [0.2, 0.25) is 0 Å². The van der Waals surface area contributed by atoms with E-state index in [4.69, 9.17) is 0 Å². The Morgan fingerprint density at radius 2 is 1.19 bits per heavy atom. The van der Waals surface area contributed by atoms with Crippen molar-refractivity contribution in [2.75, 3.05) is 32.7 Å². The maximum absolute atomic E-state index is 13.1. The zero-order valence-corrected chi connectivity index (χ0v) is 40.8. The monoisotopic (exact) mass is 782 g/mol. The number of benzene rings is 2. The number of carbonyl (C=O) groups excluding carboxylic acids is 5. The Hall–Kier alpha value is -0.160. The molecule has 1 aliphatic rings. The molecule has 0 saturated carbocycles. The number of phenolic OH excluding ortho intramolecular Hbond substituents is 1. The summed E-state index contributed by atoms with van der Waals surface area (Å²) in [5.74, 6) is -7.45. The Balaban J connectivity index is -0.00000480. The van der Waals surface area contributed by atoms with Crippen molar-refractivity contribution in [1.82, 2.24) is 9.80 Å². The van der Waals surface area contributed by atoms with E-state index in [1.807, 2.05) is 0 Å². The summed E-state index contributed by atoms with van der Waals surface area (Å²) in [6.07, 6.45) is 2.62. The first kappa shape index (κ1) is 56.2. The number of hydrogen-bond donors (Lipinski definition) is 1. The molecule has 0 saturated heterocycles. The van der Waals surface area contributed by atoms with Gasteiger partial charge in [-0.15, -0.1) is 0 Å². The summed E-state index contributed by atoms with van der Waals surface area (Å²) in [7, 11) is -5.13. The van der Waals surface area contributed by atoms with Gasteiger partial charge in [0.25, 0.3) is 0 Å². The quantitative estimate of drug-likeness (QED) is 0.130. The fourth-order valence-electron chi connectivity index (χ4n) is 5.14. The molecule has 250 valence electrons. The summed E-state index contributed by atoms with van der Waals surface area (Å²) in [4.78, 5) is 59.3. The standard InChI is InChI=1S/C31H32N2O13S.5Na/c1-17-7-19(9-21(30(17)42)11-32(13-25(34)35)14-26(36)37)29(23-5-3-4-6-24(23)47(44,45)46)20-8-18(2)31(43)22(10-20)12-33(15-27(38)39)16-28(40)41;;;;;/h3-10,42H,11-16H2,1-2H3,(H,34,35)(H,36,37)(H,38,39)(H,40,41)(H,44,45,46);;;;;/q;5*+1/p-5/b29-20+;;;;;. The molecular weight excluding hydrogens is 755 g/mol. The van der Waals surface area contributed by atoms with E-state index < -0.39 is 83.9 Å². The second-order valence-corrected chi connectivity index (χ2v) is 12.0. The second-order valence-electron chi connectivity index (χ2n) is 10.7. The molecule has 0 spiro atoms. The molecule has 1 aliphatic carbocycles. The van der Waals surface area contributed by atoms with E-state index in [0.29, 0.717) is 0 Å². The molecule has 0 aromatic heterocycles. The first-order valence-electron chi connectivity index (χ1n) is 13.7. The smallest absolute Gasteiger partial charge is 0.744 e. The summed E-state index contributed by atoms with van der Waals surface area (Å²) < 4.78 is 37.1. The van der Waals surface area contributed by atoms with Crippen LogP contribution in [0.5, 0.6) is 5.75 Å². The number of carbonyl (C=O) groups is 5. The predicted octanol–water partition coefficient (Wildman–Crippen LogP) is -19.0. The fourth-order valence-corrected chi connectivity index (χ4v) is 5.83. The minimum absolute atomic E-state index is 0. The number of ketones is 1. The van der Waals surface area contributed by atoms with Gasteiger partial charge in [0.1, 0.15) is 15.9 Å². The number of carboxylic acids is 4. The maximum atomic E-state index is 13.1. The number of aryl methyl sites for hydroxylation is 1. The number of aromatic hydroxyl groups is 1. The van der Waals surface area contributed by atoms with Crippen LogP contribution in [0.1, 0.15) is 29.2 Å². The van der Waals surface area contributed by atoms with Crippen molar-refractivity contribution in [3.05, 3.63) is 87.5 Å². The Morgan fingerprint density at radius 1 is 0.731 bits per heavy atom. The topological polar surface area (TPSA) is 262 Å². The summed E-state index contributed by atoms with van der Waals surface area (Å²) in [6, 6.07) is 7.79. The number of rotatable bonds is 15. The summed E-state index contributed by atoms with van der Waals surface area (Å²) in [6.45, 7) is -1.57. The van der Waals surface area contributed by atoms with Crippen molar-refractivity contribution >= 4 is 45.4 Å². The molecule has 0 bridgehead atoms. The van der Waals surface area contributed by atoms with Gasteiger partial charge in [0.05, 0.1) is 28.8 Å². The van der Waals surface area contributed by atoms with Crippen LogP contribution >= 0.6 is 0 Å². The third kappa shape index (κ3) is 16.5. The SMILES string of the molecule is CC1=C/C(=C(/c2cc(C)c(O)c(CN(CC(=O)[O-])CC(=O)[O-])c2)c2ccccc2S(=O)(=O)[O-])C=C(CN(CC(=O)[O-])CC(=O)[O-])C1=O.[Na+].[Na+].[Na+].[Na+].[Na+]. The van der Waals surface area contributed by atoms with Crippen LogP contribution in [0.4, 0.5) is 0 Å². The summed E-state index contributed by atoms with van der Waals surface area (Å²) in [5, 5.41) is 55.9. The molecule has 2 aromatic carbocycles. The fraction of sp³-hybridized carbons (Fsp3) is 0.258. The normalized spacial score (nSPS) is 13.1. The molecule has 3 rings (SSSR count). The van der Waals surface area contributed by atoms with Crippen molar-refractivity contribution in [2.24, 2.45) is 0 Å². The Bertz CT molecular complexity index is 1830. The van der Waals surface area contributed by atoms with E-state index in [2.05, 4.69) is 0 Å². The molecule has 0 fully saturated rings. The van der Waals surface area contributed by atoms with Crippen LogP contribution in [-0.2, 0) is 40.6 Å². The number of nitrogens with zero attached hydrogens (tertiary/aromatic N) is 2. The number of allylic oxidation sites excluding steroid dienone is 4. The molecule has 0 heterocycles. The predicted molar refractivity (Wildman–Crippen MR) is 152 cm³/mol. The van der Waals surface area contributed by atoms with E-state index in [1.54, 1.807) is 0 Å². The largest absolute Gasteiger partial charge is 1.00 e. The first-order chi connectivity index (χ1) is 21.9. The molecular formula is C31H27N2Na5O13S. The molecule has 0 aliphatic heterocycles. The Labute approximate surface area is 410 Å². The van der Waals surface area contributed by atoms with E-state index in [9.17, 15) is 62.5 Å². The third-order valence-electron chi connectivity index (χ3n) is 6.93. The van der Waals surface area contributed by atoms with Crippen molar-refractivity contribution in [2.45, 2.75) is 25.3 Å². The molecule has 21 heteroatoms. The molecule has 0 unspecified atom stereocenters. The van der Waals surface area contributed by atoms with Gasteiger partial charge in [-0.1, -0.05) is 18.2 Å². The number of aliphatic carboxylic acids is 4. The van der Waals surface area contributed by atoms with Crippen molar-refractivity contribution in [3.8, 4) is 5.75 Å². The maximum Gasteiger partial charge on any atom is 1.00 e. The number of hydrogen-bond acceptors (Lipinski definition) is 15. The first-order valence-corrected chi connectivity index (χ1v) is 15.1. The molecule has 1 N–H and O–H groups in total. The number of Topliss-reactive ketones (excluding diaryl/α,β-unsaturated/α-hetero) is 1. The van der Waals surface area contributed by atoms with E-state index >= 15 is 0 Å².